The lowest BCUT2D eigenvalue weighted by molar-refractivity contribution is 0.127. The largest absolute Gasteiger partial charge is 0.383 e. The van der Waals surface area contributed by atoms with Crippen molar-refractivity contribution < 1.29 is 4.74 Å². The third-order valence-corrected chi connectivity index (χ3v) is 4.35. The van der Waals surface area contributed by atoms with Gasteiger partial charge in [-0.25, -0.2) is 0 Å². The summed E-state index contributed by atoms with van der Waals surface area (Å²) in [6, 6.07) is 0. The van der Waals surface area contributed by atoms with Gasteiger partial charge >= 0.3 is 0 Å². The van der Waals surface area contributed by atoms with E-state index in [9.17, 15) is 0 Å². The summed E-state index contributed by atoms with van der Waals surface area (Å²) in [5.74, 6) is 0.800. The van der Waals surface area contributed by atoms with Crippen LogP contribution in [0.15, 0.2) is 0 Å². The minimum absolute atomic E-state index is 0.485. The molecule has 0 rings (SSSR count). The van der Waals surface area contributed by atoms with Crippen molar-refractivity contribution in [1.29, 1.82) is 0 Å². The van der Waals surface area contributed by atoms with Gasteiger partial charge in [0.2, 0.25) is 0 Å². The zero-order valence-corrected chi connectivity index (χ0v) is 12.6. The van der Waals surface area contributed by atoms with E-state index in [2.05, 4.69) is 33.0 Å². The number of hydrogen-bond acceptors (Lipinski definition) is 2. The van der Waals surface area contributed by atoms with Gasteiger partial charge in [0.05, 0.1) is 6.61 Å². The molecule has 0 aromatic heterocycles. The molecule has 0 saturated carbocycles. The Morgan fingerprint density at radius 1 is 1.24 bits per heavy atom. The van der Waals surface area contributed by atoms with Gasteiger partial charge in [-0.05, 0) is 24.2 Å². The summed E-state index contributed by atoms with van der Waals surface area (Å²) in [4.78, 5) is 0. The Labute approximate surface area is 109 Å². The Morgan fingerprint density at radius 2 is 1.94 bits per heavy atom. The highest BCUT2D eigenvalue weighted by molar-refractivity contribution is 4.85. The number of rotatable bonds is 11. The highest BCUT2D eigenvalue weighted by atomic mass is 16.5. The molecule has 104 valence electrons. The van der Waals surface area contributed by atoms with Crippen molar-refractivity contribution in [2.45, 2.75) is 59.8 Å². The predicted octanol–water partition coefficient (Wildman–Crippen LogP) is 3.86. The zero-order valence-electron chi connectivity index (χ0n) is 12.6. The van der Waals surface area contributed by atoms with Crippen LogP contribution in [0.1, 0.15) is 59.8 Å². The van der Waals surface area contributed by atoms with Gasteiger partial charge < -0.3 is 10.1 Å². The fraction of sp³-hybridized carbons (Fsp3) is 1.00. The van der Waals surface area contributed by atoms with Crippen LogP contribution in [0.5, 0.6) is 0 Å². The molecule has 0 aliphatic carbocycles. The van der Waals surface area contributed by atoms with Crippen molar-refractivity contribution in [2.75, 3.05) is 26.8 Å². The van der Waals surface area contributed by atoms with Gasteiger partial charge in [0.15, 0.2) is 0 Å². The summed E-state index contributed by atoms with van der Waals surface area (Å²) in [5, 5.41) is 3.58. The van der Waals surface area contributed by atoms with Gasteiger partial charge in [-0.15, -0.1) is 0 Å². The molecule has 0 aromatic carbocycles. The Morgan fingerprint density at radius 3 is 2.41 bits per heavy atom. The van der Waals surface area contributed by atoms with Crippen LogP contribution in [0, 0.1) is 11.3 Å². The molecule has 0 aliphatic rings. The van der Waals surface area contributed by atoms with Gasteiger partial charge in [0, 0.05) is 20.2 Å². The summed E-state index contributed by atoms with van der Waals surface area (Å²) in [6.45, 7) is 12.3. The highest BCUT2D eigenvalue weighted by Crippen LogP contribution is 2.38. The molecule has 0 saturated heterocycles. The summed E-state index contributed by atoms with van der Waals surface area (Å²) in [7, 11) is 1.76. The fourth-order valence-electron chi connectivity index (χ4n) is 2.63. The van der Waals surface area contributed by atoms with Crippen LogP contribution >= 0.6 is 0 Å². The van der Waals surface area contributed by atoms with Gasteiger partial charge in [-0.1, -0.05) is 47.0 Å². The van der Waals surface area contributed by atoms with Gasteiger partial charge in [0.1, 0.15) is 0 Å². The quantitative estimate of drug-likeness (QED) is 0.556. The molecule has 0 bridgehead atoms. The van der Waals surface area contributed by atoms with Crippen LogP contribution in [0.3, 0.4) is 0 Å². The average molecular weight is 243 g/mol. The first-order valence-electron chi connectivity index (χ1n) is 7.36. The summed E-state index contributed by atoms with van der Waals surface area (Å²) >= 11 is 0. The van der Waals surface area contributed by atoms with E-state index < -0.39 is 0 Å². The van der Waals surface area contributed by atoms with E-state index in [0.29, 0.717) is 5.41 Å². The fourth-order valence-corrected chi connectivity index (χ4v) is 2.63. The zero-order chi connectivity index (χ0) is 13.1. The molecule has 0 aromatic rings. The van der Waals surface area contributed by atoms with Gasteiger partial charge in [0.25, 0.3) is 0 Å². The molecule has 0 fully saturated rings. The van der Waals surface area contributed by atoms with Crippen molar-refractivity contribution in [3.8, 4) is 0 Å². The minimum Gasteiger partial charge on any atom is -0.383 e. The number of ether oxygens (including phenoxy) is 1. The van der Waals surface area contributed by atoms with E-state index in [1.807, 2.05) is 0 Å². The topological polar surface area (TPSA) is 21.3 Å². The monoisotopic (exact) mass is 243 g/mol. The van der Waals surface area contributed by atoms with Crippen molar-refractivity contribution in [3.63, 3.8) is 0 Å². The van der Waals surface area contributed by atoms with Crippen LogP contribution in [-0.4, -0.2) is 26.8 Å². The first-order chi connectivity index (χ1) is 8.16. The second-order valence-electron chi connectivity index (χ2n) is 5.30. The Balaban J connectivity index is 4.33. The molecular formula is C15H33NO. The number of hydrogen-bond donors (Lipinski definition) is 1. The Kier molecular flexibility index (Phi) is 9.85. The molecule has 2 heteroatoms. The maximum Gasteiger partial charge on any atom is 0.0587 e. The number of methoxy groups -OCH3 is 1. The van der Waals surface area contributed by atoms with Crippen LogP contribution in [0.25, 0.3) is 0 Å². The second kappa shape index (κ2) is 9.90. The van der Waals surface area contributed by atoms with E-state index in [4.69, 9.17) is 4.74 Å². The lowest BCUT2D eigenvalue weighted by Gasteiger charge is -2.39. The molecule has 0 amide bonds. The SMILES string of the molecule is CCCCC(CC)(CNCCOC)C(C)CC. The lowest BCUT2D eigenvalue weighted by atomic mass is 9.69. The van der Waals surface area contributed by atoms with Crippen molar-refractivity contribution in [3.05, 3.63) is 0 Å². The van der Waals surface area contributed by atoms with Crippen molar-refractivity contribution in [1.82, 2.24) is 5.32 Å². The van der Waals surface area contributed by atoms with Gasteiger partial charge in [-0.2, -0.15) is 0 Å². The maximum absolute atomic E-state index is 5.10. The summed E-state index contributed by atoms with van der Waals surface area (Å²) in [5.41, 5.74) is 0.485. The molecule has 0 radical (unpaired) electrons. The molecule has 2 nitrogen and oxygen atoms in total. The third kappa shape index (κ3) is 5.87. The third-order valence-electron chi connectivity index (χ3n) is 4.35. The molecule has 0 aliphatic heterocycles. The smallest absolute Gasteiger partial charge is 0.0587 e. The minimum atomic E-state index is 0.485. The van der Waals surface area contributed by atoms with Crippen LogP contribution < -0.4 is 5.32 Å². The van der Waals surface area contributed by atoms with E-state index in [1.54, 1.807) is 7.11 Å². The maximum atomic E-state index is 5.10. The van der Waals surface area contributed by atoms with Crippen LogP contribution in [0.2, 0.25) is 0 Å². The van der Waals surface area contributed by atoms with E-state index in [0.717, 1.165) is 25.6 Å². The van der Waals surface area contributed by atoms with E-state index >= 15 is 0 Å². The molecule has 1 N–H and O–H groups in total. The summed E-state index contributed by atoms with van der Waals surface area (Å²) < 4.78 is 5.10. The average Bonchev–Trinajstić information content (AvgIpc) is 2.37. The highest BCUT2D eigenvalue weighted by Gasteiger charge is 2.32. The predicted molar refractivity (Wildman–Crippen MR) is 76.4 cm³/mol. The lowest BCUT2D eigenvalue weighted by Crippen LogP contribution is -2.40. The van der Waals surface area contributed by atoms with E-state index in [-0.39, 0.29) is 0 Å². The molecular weight excluding hydrogens is 210 g/mol. The van der Waals surface area contributed by atoms with Crippen molar-refractivity contribution in [2.24, 2.45) is 11.3 Å². The van der Waals surface area contributed by atoms with E-state index in [1.165, 1.54) is 32.1 Å². The second-order valence-corrected chi connectivity index (χ2v) is 5.30. The molecule has 17 heavy (non-hydrogen) atoms. The van der Waals surface area contributed by atoms with Crippen LogP contribution in [0.4, 0.5) is 0 Å². The standard InChI is InChI=1S/C15H33NO/c1-6-9-10-15(8-3,14(4)7-2)13-16-11-12-17-5/h14,16H,6-13H2,1-5H3. The summed E-state index contributed by atoms with van der Waals surface area (Å²) in [6.07, 6.45) is 6.57. The Hall–Kier alpha value is -0.0800. The Bertz CT molecular complexity index is 172. The van der Waals surface area contributed by atoms with Crippen molar-refractivity contribution >= 4 is 0 Å². The molecule has 2 unspecified atom stereocenters. The first-order valence-corrected chi connectivity index (χ1v) is 7.36. The number of nitrogens with one attached hydrogen (secondary N) is 1. The molecule has 2 atom stereocenters. The first kappa shape index (κ1) is 16.9. The molecule has 0 spiro atoms. The van der Waals surface area contributed by atoms with Crippen LogP contribution in [-0.2, 0) is 4.74 Å². The molecule has 0 heterocycles. The number of unbranched alkanes of at least 4 members (excludes halogenated alkanes) is 1. The van der Waals surface area contributed by atoms with Gasteiger partial charge in [-0.3, -0.25) is 0 Å². The normalized spacial score (nSPS) is 16.8.